The van der Waals surface area contributed by atoms with Crippen molar-refractivity contribution in [2.45, 2.75) is 0 Å². The summed E-state index contributed by atoms with van der Waals surface area (Å²) in [6.45, 7) is 0. The summed E-state index contributed by atoms with van der Waals surface area (Å²) in [6.07, 6.45) is 6.97. The summed E-state index contributed by atoms with van der Waals surface area (Å²) < 4.78 is 0. The van der Waals surface area contributed by atoms with Crippen LogP contribution in [-0.2, 0) is 4.79 Å². The highest BCUT2D eigenvalue weighted by atomic mass is 16.1. The van der Waals surface area contributed by atoms with E-state index in [9.17, 15) is 4.79 Å². The highest BCUT2D eigenvalue weighted by Crippen LogP contribution is 2.02. The van der Waals surface area contributed by atoms with Crippen LogP contribution in [0.4, 0.5) is 0 Å². The summed E-state index contributed by atoms with van der Waals surface area (Å²) in [7, 11) is 3.78. The molecule has 1 aromatic rings. The van der Waals surface area contributed by atoms with Crippen LogP contribution in [0.3, 0.4) is 0 Å². The molecule has 0 spiro atoms. The molecule has 0 unspecified atom stereocenters. The number of carbonyl (C=O) groups is 1. The summed E-state index contributed by atoms with van der Waals surface area (Å²) in [6, 6.07) is 3.72. The van der Waals surface area contributed by atoms with E-state index in [0.29, 0.717) is 5.57 Å². The zero-order valence-corrected chi connectivity index (χ0v) is 8.77. The average Bonchev–Trinajstić information content (AvgIpc) is 2.18. The van der Waals surface area contributed by atoms with Crippen LogP contribution in [0.25, 0.3) is 12.2 Å². The zero-order chi connectivity index (χ0) is 10.8. The summed E-state index contributed by atoms with van der Waals surface area (Å²) in [5, 5.41) is 1.74. The Labute approximate surface area is 88.1 Å². The van der Waals surface area contributed by atoms with Crippen molar-refractivity contribution in [3.8, 4) is 0 Å². The first kappa shape index (κ1) is 9.65. The predicted octanol–water partition coefficient (Wildman–Crippen LogP) is -0.329. The Balaban J connectivity index is 2.62. The lowest BCUT2D eigenvalue weighted by Crippen LogP contribution is -2.32. The molecule has 3 nitrogen and oxygen atoms in total. The van der Waals surface area contributed by atoms with Crippen LogP contribution in [0.15, 0.2) is 30.1 Å². The van der Waals surface area contributed by atoms with Crippen molar-refractivity contribution in [3.05, 3.63) is 40.7 Å². The van der Waals surface area contributed by atoms with Gasteiger partial charge in [-0.3, -0.25) is 9.78 Å². The Kier molecular flexibility index (Phi) is 2.37. The second-order valence-corrected chi connectivity index (χ2v) is 3.68. The van der Waals surface area contributed by atoms with E-state index in [1.165, 1.54) is 0 Å². The molecule has 15 heavy (non-hydrogen) atoms. The number of rotatable bonds is 1. The van der Waals surface area contributed by atoms with Crippen molar-refractivity contribution >= 4 is 17.9 Å². The van der Waals surface area contributed by atoms with Gasteiger partial charge in [-0.25, -0.2) is 0 Å². The van der Waals surface area contributed by atoms with E-state index < -0.39 is 0 Å². The Bertz CT molecular complexity index is 541. The first-order valence-electron chi connectivity index (χ1n) is 4.74. The van der Waals surface area contributed by atoms with Crippen LogP contribution < -0.4 is 10.6 Å². The van der Waals surface area contributed by atoms with Gasteiger partial charge in [-0.05, 0) is 18.2 Å². The first-order valence-corrected chi connectivity index (χ1v) is 4.74. The number of nitrogens with zero attached hydrogens (tertiary/aromatic N) is 2. The molecule has 0 atom stereocenters. The van der Waals surface area contributed by atoms with Crippen LogP contribution in [0.1, 0.15) is 0 Å². The van der Waals surface area contributed by atoms with Crippen molar-refractivity contribution in [1.82, 2.24) is 9.88 Å². The van der Waals surface area contributed by atoms with Gasteiger partial charge in [0.1, 0.15) is 0 Å². The number of carbonyl (C=O) groups excluding carboxylic acids is 1. The molecule has 0 aromatic carbocycles. The van der Waals surface area contributed by atoms with E-state index in [4.69, 9.17) is 0 Å². The third-order valence-electron chi connectivity index (χ3n) is 2.13. The number of fused-ring (bicyclic) bond motifs is 1. The van der Waals surface area contributed by atoms with Crippen molar-refractivity contribution in [2.24, 2.45) is 0 Å². The lowest BCUT2D eigenvalue weighted by atomic mass is 10.1. The van der Waals surface area contributed by atoms with Crippen molar-refractivity contribution in [2.75, 3.05) is 14.1 Å². The van der Waals surface area contributed by atoms with Gasteiger partial charge in [-0.15, -0.1) is 0 Å². The number of hydrogen-bond donors (Lipinski definition) is 0. The normalized spacial score (nSPS) is 16.7. The highest BCUT2D eigenvalue weighted by Gasteiger charge is 2.08. The Hall–Kier alpha value is -1.90. The smallest absolute Gasteiger partial charge is 0.188 e. The molecule has 0 N–H and O–H groups in total. The number of ketones is 1. The van der Waals surface area contributed by atoms with Gasteiger partial charge >= 0.3 is 0 Å². The maximum Gasteiger partial charge on any atom is 0.188 e. The third kappa shape index (κ3) is 1.96. The Morgan fingerprint density at radius 1 is 1.33 bits per heavy atom. The van der Waals surface area contributed by atoms with Crippen molar-refractivity contribution < 1.29 is 4.79 Å². The SMILES string of the molecule is CN(C)C=C1C=c2ncccc2=CC1=O. The zero-order valence-electron chi connectivity index (χ0n) is 8.77. The highest BCUT2D eigenvalue weighted by molar-refractivity contribution is 6.22. The second-order valence-electron chi connectivity index (χ2n) is 3.68. The molecular formula is C12H12N2O. The lowest BCUT2D eigenvalue weighted by Gasteiger charge is -2.08. The molecule has 1 aliphatic rings. The number of pyridine rings is 1. The van der Waals surface area contributed by atoms with Gasteiger partial charge in [0.05, 0.1) is 5.35 Å². The van der Waals surface area contributed by atoms with E-state index in [1.54, 1.807) is 18.5 Å². The summed E-state index contributed by atoms with van der Waals surface area (Å²) in [5.41, 5.74) is 0.672. The number of Topliss-reactive ketones (excluding diaryl/α,β-unsaturated/α-hetero) is 1. The van der Waals surface area contributed by atoms with Crippen LogP contribution >= 0.6 is 0 Å². The maximum atomic E-state index is 11.7. The minimum Gasteiger partial charge on any atom is -0.383 e. The lowest BCUT2D eigenvalue weighted by molar-refractivity contribution is -0.109. The van der Waals surface area contributed by atoms with Crippen LogP contribution in [-0.4, -0.2) is 29.8 Å². The molecule has 0 saturated carbocycles. The van der Waals surface area contributed by atoms with Crippen molar-refractivity contribution in [1.29, 1.82) is 0 Å². The average molecular weight is 200 g/mol. The summed E-state index contributed by atoms with van der Waals surface area (Å²) in [5.74, 6) is 0.0317. The van der Waals surface area contributed by atoms with Gasteiger partial charge in [0.2, 0.25) is 0 Å². The van der Waals surface area contributed by atoms with E-state index in [1.807, 2.05) is 37.2 Å². The van der Waals surface area contributed by atoms with E-state index in [-0.39, 0.29) is 5.78 Å². The summed E-state index contributed by atoms with van der Waals surface area (Å²) in [4.78, 5) is 17.7. The third-order valence-corrected chi connectivity index (χ3v) is 2.13. The maximum absolute atomic E-state index is 11.7. The van der Waals surface area contributed by atoms with Gasteiger partial charge in [-0.2, -0.15) is 0 Å². The molecule has 0 aliphatic heterocycles. The van der Waals surface area contributed by atoms with Crippen LogP contribution in [0, 0.1) is 0 Å². The monoisotopic (exact) mass is 200 g/mol. The molecule has 1 heterocycles. The molecule has 0 bridgehead atoms. The van der Waals surface area contributed by atoms with Gasteiger partial charge in [0, 0.05) is 37.3 Å². The van der Waals surface area contributed by atoms with Gasteiger partial charge in [0.15, 0.2) is 5.78 Å². The van der Waals surface area contributed by atoms with E-state index >= 15 is 0 Å². The van der Waals surface area contributed by atoms with Gasteiger partial charge in [0.25, 0.3) is 0 Å². The molecule has 0 radical (unpaired) electrons. The van der Waals surface area contributed by atoms with Gasteiger partial charge in [-0.1, -0.05) is 6.07 Å². The van der Waals surface area contributed by atoms with E-state index in [2.05, 4.69) is 4.98 Å². The fourth-order valence-corrected chi connectivity index (χ4v) is 1.49. The van der Waals surface area contributed by atoms with Crippen LogP contribution in [0.5, 0.6) is 0 Å². The molecular weight excluding hydrogens is 188 g/mol. The van der Waals surface area contributed by atoms with Gasteiger partial charge < -0.3 is 4.90 Å². The first-order chi connectivity index (χ1) is 7.16. The number of hydrogen-bond acceptors (Lipinski definition) is 3. The van der Waals surface area contributed by atoms with Crippen LogP contribution in [0.2, 0.25) is 0 Å². The molecule has 1 aliphatic carbocycles. The minimum absolute atomic E-state index is 0.0317. The fraction of sp³-hybridized carbons (Fsp3) is 0.167. The largest absolute Gasteiger partial charge is 0.383 e. The minimum atomic E-state index is 0.0317. The quantitative estimate of drug-likeness (QED) is 0.582. The van der Waals surface area contributed by atoms with Crippen molar-refractivity contribution in [3.63, 3.8) is 0 Å². The molecule has 0 amide bonds. The van der Waals surface area contributed by atoms with E-state index in [0.717, 1.165) is 10.6 Å². The topological polar surface area (TPSA) is 33.2 Å². The molecule has 2 rings (SSSR count). The number of allylic oxidation sites excluding steroid dienone is 1. The summed E-state index contributed by atoms with van der Waals surface area (Å²) >= 11 is 0. The molecule has 1 aromatic heterocycles. The molecule has 0 saturated heterocycles. The Morgan fingerprint density at radius 3 is 2.87 bits per heavy atom. The predicted molar refractivity (Wildman–Crippen MR) is 59.2 cm³/mol. The molecule has 3 heteroatoms. The second kappa shape index (κ2) is 3.69. The Morgan fingerprint density at radius 2 is 2.13 bits per heavy atom. The fourth-order valence-electron chi connectivity index (χ4n) is 1.49. The number of aromatic nitrogens is 1. The molecule has 76 valence electrons. The molecule has 0 fully saturated rings. The standard InChI is InChI=1S/C12H12N2O/c1-14(2)8-10-6-11-9(7-12(10)15)4-3-5-13-11/h3-8H,1-2H3.